The van der Waals surface area contributed by atoms with Gasteiger partial charge in [0, 0.05) is 14.2 Å². The number of thiophene rings is 1. The van der Waals surface area contributed by atoms with Crippen LogP contribution < -0.4 is 0 Å². The summed E-state index contributed by atoms with van der Waals surface area (Å²) >= 11 is 11.5. The standard InChI is InChI=1S/C11H10BrClOS/c1-6-3-4-9(14-6)11(13)10-5-8(12)7(2)15-10/h3-5,11H,1-2H3. The molecule has 80 valence electrons. The Kier molecular flexibility index (Phi) is 3.24. The van der Waals surface area contributed by atoms with Gasteiger partial charge >= 0.3 is 0 Å². The quantitative estimate of drug-likeness (QED) is 0.708. The van der Waals surface area contributed by atoms with Crippen molar-refractivity contribution in [1.29, 1.82) is 0 Å². The van der Waals surface area contributed by atoms with Crippen molar-refractivity contribution in [2.45, 2.75) is 19.2 Å². The second-order valence-corrected chi connectivity index (χ2v) is 5.94. The number of halogens is 2. The fraction of sp³-hybridized carbons (Fsp3) is 0.273. The van der Waals surface area contributed by atoms with E-state index in [0.717, 1.165) is 20.9 Å². The molecule has 2 rings (SSSR count). The molecule has 1 nitrogen and oxygen atoms in total. The monoisotopic (exact) mass is 304 g/mol. The molecule has 2 heterocycles. The average molecular weight is 306 g/mol. The fourth-order valence-corrected chi connectivity index (χ4v) is 3.20. The van der Waals surface area contributed by atoms with Gasteiger partial charge in [0.15, 0.2) is 0 Å². The van der Waals surface area contributed by atoms with E-state index in [2.05, 4.69) is 28.9 Å². The first kappa shape index (κ1) is 11.2. The SMILES string of the molecule is Cc1ccc(C(Cl)c2cc(Br)c(C)s2)o1. The van der Waals surface area contributed by atoms with Crippen molar-refractivity contribution in [3.05, 3.63) is 43.9 Å². The summed E-state index contributed by atoms with van der Waals surface area (Å²) in [6.45, 7) is 3.98. The Labute approximate surface area is 106 Å². The Bertz CT molecular complexity index is 455. The highest BCUT2D eigenvalue weighted by molar-refractivity contribution is 9.10. The third-order valence-corrected chi connectivity index (χ3v) is 4.92. The van der Waals surface area contributed by atoms with E-state index in [1.54, 1.807) is 11.3 Å². The summed E-state index contributed by atoms with van der Waals surface area (Å²) in [4.78, 5) is 2.34. The number of hydrogen-bond donors (Lipinski definition) is 0. The Morgan fingerprint density at radius 3 is 2.60 bits per heavy atom. The first-order valence-electron chi connectivity index (χ1n) is 4.54. The molecule has 0 aliphatic heterocycles. The number of aryl methyl sites for hydroxylation is 2. The molecule has 0 amide bonds. The average Bonchev–Trinajstić information content (AvgIpc) is 2.74. The van der Waals surface area contributed by atoms with Crippen molar-refractivity contribution in [2.75, 3.05) is 0 Å². The summed E-state index contributed by atoms with van der Waals surface area (Å²) < 4.78 is 6.62. The molecule has 0 aliphatic rings. The van der Waals surface area contributed by atoms with Gasteiger partial charge in [0.1, 0.15) is 16.9 Å². The van der Waals surface area contributed by atoms with E-state index in [9.17, 15) is 0 Å². The number of alkyl halides is 1. The molecule has 0 aromatic carbocycles. The van der Waals surface area contributed by atoms with Crippen molar-refractivity contribution in [3.63, 3.8) is 0 Å². The lowest BCUT2D eigenvalue weighted by Crippen LogP contribution is -1.85. The van der Waals surface area contributed by atoms with Crippen LogP contribution in [-0.2, 0) is 0 Å². The predicted octanol–water partition coefficient (Wildman–Crippen LogP) is 5.05. The molecule has 0 saturated heterocycles. The third kappa shape index (κ3) is 2.30. The lowest BCUT2D eigenvalue weighted by molar-refractivity contribution is 0.490. The lowest BCUT2D eigenvalue weighted by atomic mass is 10.3. The fourth-order valence-electron chi connectivity index (χ4n) is 1.34. The van der Waals surface area contributed by atoms with E-state index in [-0.39, 0.29) is 5.38 Å². The molecule has 1 unspecified atom stereocenters. The van der Waals surface area contributed by atoms with Gasteiger partial charge in [-0.3, -0.25) is 0 Å². The topological polar surface area (TPSA) is 13.1 Å². The van der Waals surface area contributed by atoms with Gasteiger partial charge in [-0.05, 0) is 48.0 Å². The zero-order valence-electron chi connectivity index (χ0n) is 8.38. The molecule has 0 fully saturated rings. The van der Waals surface area contributed by atoms with Crippen molar-refractivity contribution >= 4 is 38.9 Å². The molecule has 4 heteroatoms. The Balaban J connectivity index is 2.31. The molecule has 0 aliphatic carbocycles. The van der Waals surface area contributed by atoms with Gasteiger partial charge in [-0.1, -0.05) is 0 Å². The van der Waals surface area contributed by atoms with Crippen molar-refractivity contribution in [1.82, 2.24) is 0 Å². The number of furan rings is 1. The summed E-state index contributed by atoms with van der Waals surface area (Å²) in [5.41, 5.74) is 0. The van der Waals surface area contributed by atoms with Crippen LogP contribution in [0.15, 0.2) is 27.1 Å². The molecular formula is C11H10BrClOS. The normalized spacial score (nSPS) is 13.1. The summed E-state index contributed by atoms with van der Waals surface area (Å²) in [6, 6.07) is 5.91. The summed E-state index contributed by atoms with van der Waals surface area (Å²) in [5, 5.41) is -0.186. The minimum absolute atomic E-state index is 0.186. The molecule has 15 heavy (non-hydrogen) atoms. The molecule has 0 radical (unpaired) electrons. The van der Waals surface area contributed by atoms with E-state index in [1.807, 2.05) is 19.1 Å². The van der Waals surface area contributed by atoms with Gasteiger partial charge in [-0.2, -0.15) is 0 Å². The maximum absolute atomic E-state index is 6.33. The summed E-state index contributed by atoms with van der Waals surface area (Å²) in [6.07, 6.45) is 0. The van der Waals surface area contributed by atoms with E-state index in [1.165, 1.54) is 4.88 Å². The van der Waals surface area contributed by atoms with Crippen LogP contribution >= 0.6 is 38.9 Å². The molecule has 2 aromatic heterocycles. The predicted molar refractivity (Wildman–Crippen MR) is 67.9 cm³/mol. The van der Waals surface area contributed by atoms with E-state index < -0.39 is 0 Å². The smallest absolute Gasteiger partial charge is 0.127 e. The molecule has 0 N–H and O–H groups in total. The van der Waals surface area contributed by atoms with Crippen molar-refractivity contribution < 1.29 is 4.42 Å². The minimum atomic E-state index is -0.186. The van der Waals surface area contributed by atoms with E-state index in [0.29, 0.717) is 0 Å². The highest BCUT2D eigenvalue weighted by Gasteiger charge is 2.17. The molecule has 1 atom stereocenters. The molecule has 0 bridgehead atoms. The van der Waals surface area contributed by atoms with Crippen molar-refractivity contribution in [2.24, 2.45) is 0 Å². The molecule has 0 spiro atoms. The number of rotatable bonds is 2. The number of hydrogen-bond acceptors (Lipinski definition) is 2. The Morgan fingerprint density at radius 2 is 2.13 bits per heavy atom. The van der Waals surface area contributed by atoms with Gasteiger partial charge in [0.05, 0.1) is 0 Å². The first-order chi connectivity index (χ1) is 7.08. The van der Waals surface area contributed by atoms with Crippen molar-refractivity contribution in [3.8, 4) is 0 Å². The first-order valence-corrected chi connectivity index (χ1v) is 6.59. The van der Waals surface area contributed by atoms with Gasteiger partial charge in [0.2, 0.25) is 0 Å². The van der Waals surface area contributed by atoms with Crippen LogP contribution in [0.3, 0.4) is 0 Å². The zero-order valence-corrected chi connectivity index (χ0v) is 11.5. The molecular weight excluding hydrogens is 296 g/mol. The van der Waals surface area contributed by atoms with Gasteiger partial charge in [0.25, 0.3) is 0 Å². The Morgan fingerprint density at radius 1 is 1.40 bits per heavy atom. The van der Waals surface area contributed by atoms with Crippen LogP contribution in [-0.4, -0.2) is 0 Å². The minimum Gasteiger partial charge on any atom is -0.464 e. The highest BCUT2D eigenvalue weighted by atomic mass is 79.9. The second kappa shape index (κ2) is 4.32. The van der Waals surface area contributed by atoms with E-state index in [4.69, 9.17) is 16.0 Å². The van der Waals surface area contributed by atoms with Crippen LogP contribution in [0.25, 0.3) is 0 Å². The molecule has 0 saturated carbocycles. The van der Waals surface area contributed by atoms with Crippen LogP contribution in [0, 0.1) is 13.8 Å². The van der Waals surface area contributed by atoms with Gasteiger partial charge < -0.3 is 4.42 Å². The van der Waals surface area contributed by atoms with Crippen LogP contribution in [0.1, 0.15) is 26.7 Å². The van der Waals surface area contributed by atoms with Gasteiger partial charge in [-0.25, -0.2) is 0 Å². The van der Waals surface area contributed by atoms with Gasteiger partial charge in [-0.15, -0.1) is 22.9 Å². The van der Waals surface area contributed by atoms with Crippen LogP contribution in [0.2, 0.25) is 0 Å². The van der Waals surface area contributed by atoms with Crippen LogP contribution in [0.4, 0.5) is 0 Å². The maximum Gasteiger partial charge on any atom is 0.127 e. The van der Waals surface area contributed by atoms with Crippen LogP contribution in [0.5, 0.6) is 0 Å². The second-order valence-electron chi connectivity index (χ2n) is 3.36. The van der Waals surface area contributed by atoms with E-state index >= 15 is 0 Å². The highest BCUT2D eigenvalue weighted by Crippen LogP contribution is 2.37. The summed E-state index contributed by atoms with van der Waals surface area (Å²) in [5.74, 6) is 1.70. The zero-order chi connectivity index (χ0) is 11.0. The maximum atomic E-state index is 6.33. The third-order valence-electron chi connectivity index (χ3n) is 2.14. The largest absolute Gasteiger partial charge is 0.464 e. The lowest BCUT2D eigenvalue weighted by Gasteiger charge is -2.02. The Hall–Kier alpha value is -0.250. The summed E-state index contributed by atoms with van der Waals surface area (Å²) in [7, 11) is 0. The molecule has 2 aromatic rings.